The topological polar surface area (TPSA) is 91.0 Å². The highest BCUT2D eigenvalue weighted by atomic mass is 35.5. The molecule has 4 aliphatic rings. The minimum atomic E-state index is -1.14. The number of fused-ring (bicyclic) bond motifs is 1. The standard InChI is InChI=1S/C29H39ClN4O4/c1-4-33(5-2)15-16-34-25(27(36)31-19-9-7-6-8-10-19)29-14-13-22(38-29)23(24(29)28(34)37)26(35)32-20-12-11-18(3)21(30)17-20/h11-14,17,19,22-25H,4-10,15-16H2,1-3H3,(H,31,36)(H,32,35)/t22-,23+,24-,25-,29-/m0/s1. The molecule has 5 atom stereocenters. The maximum absolute atomic E-state index is 14.0. The number of likely N-dealkylation sites (N-methyl/N-ethyl adjacent to an activating group) is 1. The summed E-state index contributed by atoms with van der Waals surface area (Å²) in [6, 6.07) is 4.66. The van der Waals surface area contributed by atoms with Crippen LogP contribution >= 0.6 is 11.6 Å². The number of likely N-dealkylation sites (tertiary alicyclic amines) is 1. The molecule has 3 aliphatic heterocycles. The molecule has 2 bridgehead atoms. The van der Waals surface area contributed by atoms with Crippen LogP contribution in [0.3, 0.4) is 0 Å². The first kappa shape index (κ1) is 27.2. The van der Waals surface area contributed by atoms with Crippen LogP contribution in [0.15, 0.2) is 30.4 Å². The molecule has 1 aromatic carbocycles. The second kappa shape index (κ2) is 11.0. The molecule has 0 radical (unpaired) electrons. The van der Waals surface area contributed by atoms with Crippen molar-refractivity contribution < 1.29 is 19.1 Å². The van der Waals surface area contributed by atoms with E-state index in [0.29, 0.717) is 23.8 Å². The third kappa shape index (κ3) is 4.75. The van der Waals surface area contributed by atoms with Gasteiger partial charge in [0.15, 0.2) is 0 Å². The highest BCUT2D eigenvalue weighted by molar-refractivity contribution is 6.31. The summed E-state index contributed by atoms with van der Waals surface area (Å²) in [5.74, 6) is -2.14. The van der Waals surface area contributed by atoms with Crippen molar-refractivity contribution in [1.82, 2.24) is 15.1 Å². The molecule has 38 heavy (non-hydrogen) atoms. The second-order valence-electron chi connectivity index (χ2n) is 11.1. The lowest BCUT2D eigenvalue weighted by molar-refractivity contribution is -0.141. The highest BCUT2D eigenvalue weighted by Crippen LogP contribution is 2.55. The molecule has 0 unspecified atom stereocenters. The maximum Gasteiger partial charge on any atom is 0.246 e. The first-order valence-electron chi connectivity index (χ1n) is 14.1. The number of nitrogens with one attached hydrogen (secondary N) is 2. The Hall–Kier alpha value is -2.42. The van der Waals surface area contributed by atoms with E-state index in [4.69, 9.17) is 16.3 Å². The minimum Gasteiger partial charge on any atom is -0.359 e. The first-order chi connectivity index (χ1) is 18.3. The average Bonchev–Trinajstić information content (AvgIpc) is 3.55. The summed E-state index contributed by atoms with van der Waals surface area (Å²) in [6.45, 7) is 8.84. The lowest BCUT2D eigenvalue weighted by Gasteiger charge is -2.34. The third-order valence-corrected chi connectivity index (χ3v) is 9.27. The van der Waals surface area contributed by atoms with Gasteiger partial charge in [-0.25, -0.2) is 0 Å². The fraction of sp³-hybridized carbons (Fsp3) is 0.621. The van der Waals surface area contributed by atoms with Crippen LogP contribution in [0.1, 0.15) is 51.5 Å². The first-order valence-corrected chi connectivity index (χ1v) is 14.4. The fourth-order valence-electron chi connectivity index (χ4n) is 6.72. The van der Waals surface area contributed by atoms with Crippen LogP contribution < -0.4 is 10.6 Å². The van der Waals surface area contributed by atoms with Crippen molar-refractivity contribution in [2.24, 2.45) is 11.8 Å². The summed E-state index contributed by atoms with van der Waals surface area (Å²) < 4.78 is 6.45. The molecular formula is C29H39ClN4O4. The molecule has 0 aromatic heterocycles. The SMILES string of the molecule is CCN(CC)CCN1C(=O)[C@@H]2[C@H](C(=O)Nc3ccc(C)c(Cl)c3)[C@@H]3C=C[C@@]2(O3)[C@@H]1C(=O)NC1CCCCC1. The zero-order valence-corrected chi connectivity index (χ0v) is 23.3. The summed E-state index contributed by atoms with van der Waals surface area (Å²) in [5.41, 5.74) is 0.342. The molecule has 5 rings (SSSR count). The number of hydrogen-bond donors (Lipinski definition) is 2. The van der Waals surface area contributed by atoms with E-state index in [1.54, 1.807) is 17.0 Å². The molecular weight excluding hydrogens is 504 g/mol. The van der Waals surface area contributed by atoms with Crippen LogP contribution in [0.2, 0.25) is 5.02 Å². The lowest BCUT2D eigenvalue weighted by Crippen LogP contribution is -2.57. The summed E-state index contributed by atoms with van der Waals surface area (Å²) >= 11 is 6.27. The van der Waals surface area contributed by atoms with E-state index < -0.39 is 29.6 Å². The van der Waals surface area contributed by atoms with E-state index >= 15 is 0 Å². The molecule has 1 aromatic rings. The van der Waals surface area contributed by atoms with Crippen LogP contribution in [-0.2, 0) is 19.1 Å². The van der Waals surface area contributed by atoms with Gasteiger partial charge in [-0.2, -0.15) is 0 Å². The van der Waals surface area contributed by atoms with Crippen molar-refractivity contribution in [3.63, 3.8) is 0 Å². The van der Waals surface area contributed by atoms with Crippen LogP contribution in [0.4, 0.5) is 5.69 Å². The highest BCUT2D eigenvalue weighted by Gasteiger charge is 2.72. The zero-order chi connectivity index (χ0) is 27.0. The van der Waals surface area contributed by atoms with Crippen LogP contribution in [0.25, 0.3) is 0 Å². The number of ether oxygens (including phenoxy) is 1. The normalized spacial score (nSPS) is 30.2. The van der Waals surface area contributed by atoms with Crippen LogP contribution in [0, 0.1) is 18.8 Å². The van der Waals surface area contributed by atoms with Gasteiger partial charge in [-0.1, -0.05) is 62.9 Å². The summed E-state index contributed by atoms with van der Waals surface area (Å²) in [7, 11) is 0. The van der Waals surface area contributed by atoms with Gasteiger partial charge in [-0.05, 0) is 50.6 Å². The van der Waals surface area contributed by atoms with Gasteiger partial charge in [0.05, 0.1) is 17.9 Å². The molecule has 3 heterocycles. The van der Waals surface area contributed by atoms with Crippen molar-refractivity contribution in [1.29, 1.82) is 0 Å². The van der Waals surface area contributed by atoms with E-state index in [1.165, 1.54) is 6.42 Å². The van der Waals surface area contributed by atoms with E-state index in [1.807, 2.05) is 25.1 Å². The number of amides is 3. The Morgan fingerprint density at radius 2 is 1.89 bits per heavy atom. The summed E-state index contributed by atoms with van der Waals surface area (Å²) in [4.78, 5) is 45.4. The largest absolute Gasteiger partial charge is 0.359 e. The summed E-state index contributed by atoms with van der Waals surface area (Å²) in [5, 5.41) is 6.74. The van der Waals surface area contributed by atoms with Crippen molar-refractivity contribution in [2.45, 2.75) is 76.7 Å². The van der Waals surface area contributed by atoms with Crippen molar-refractivity contribution in [3.8, 4) is 0 Å². The number of carbonyl (C=O) groups is 3. The Morgan fingerprint density at radius 1 is 1.16 bits per heavy atom. The molecule has 8 nitrogen and oxygen atoms in total. The molecule has 206 valence electrons. The third-order valence-electron chi connectivity index (χ3n) is 8.87. The Bertz CT molecular complexity index is 1120. The van der Waals surface area contributed by atoms with Crippen molar-refractivity contribution in [3.05, 3.63) is 40.9 Å². The smallest absolute Gasteiger partial charge is 0.246 e. The van der Waals surface area contributed by atoms with Gasteiger partial charge in [0.2, 0.25) is 17.7 Å². The molecule has 3 amide bonds. The number of halogens is 1. The summed E-state index contributed by atoms with van der Waals surface area (Å²) in [6.07, 6.45) is 8.44. The number of aryl methyl sites for hydroxylation is 1. The van der Waals surface area contributed by atoms with Crippen molar-refractivity contribution in [2.75, 3.05) is 31.5 Å². The van der Waals surface area contributed by atoms with E-state index in [0.717, 1.165) is 44.3 Å². The molecule has 2 saturated heterocycles. The Labute approximate surface area is 230 Å². The minimum absolute atomic E-state index is 0.111. The Kier molecular flexibility index (Phi) is 7.85. The molecule has 2 N–H and O–H groups in total. The second-order valence-corrected chi connectivity index (χ2v) is 11.5. The number of anilines is 1. The van der Waals surface area contributed by atoms with Gasteiger partial charge in [-0.15, -0.1) is 0 Å². The predicted molar refractivity (Wildman–Crippen MR) is 147 cm³/mol. The van der Waals surface area contributed by atoms with Crippen LogP contribution in [0.5, 0.6) is 0 Å². The van der Waals surface area contributed by atoms with E-state index in [9.17, 15) is 14.4 Å². The van der Waals surface area contributed by atoms with Crippen molar-refractivity contribution >= 4 is 35.0 Å². The quantitative estimate of drug-likeness (QED) is 0.466. The molecule has 3 fully saturated rings. The lowest BCUT2D eigenvalue weighted by atomic mass is 9.74. The predicted octanol–water partition coefficient (Wildman–Crippen LogP) is 3.53. The average molecular weight is 543 g/mol. The van der Waals surface area contributed by atoms with Gasteiger partial charge in [0.1, 0.15) is 11.6 Å². The van der Waals surface area contributed by atoms with E-state index in [-0.39, 0.29) is 23.8 Å². The number of rotatable bonds is 9. The molecule has 1 saturated carbocycles. The number of carbonyl (C=O) groups excluding carboxylic acids is 3. The zero-order valence-electron chi connectivity index (χ0n) is 22.5. The maximum atomic E-state index is 14.0. The van der Waals surface area contributed by atoms with Gasteiger partial charge in [0.25, 0.3) is 0 Å². The monoisotopic (exact) mass is 542 g/mol. The Morgan fingerprint density at radius 3 is 2.58 bits per heavy atom. The molecule has 9 heteroatoms. The van der Waals surface area contributed by atoms with Gasteiger partial charge >= 0.3 is 0 Å². The van der Waals surface area contributed by atoms with Gasteiger partial charge in [0, 0.05) is 29.8 Å². The van der Waals surface area contributed by atoms with Gasteiger partial charge < -0.3 is 25.2 Å². The molecule has 1 aliphatic carbocycles. The fourth-order valence-corrected chi connectivity index (χ4v) is 6.90. The van der Waals surface area contributed by atoms with E-state index in [2.05, 4.69) is 29.4 Å². The Balaban J connectivity index is 1.42. The number of benzene rings is 1. The number of nitrogens with zero attached hydrogens (tertiary/aromatic N) is 2. The number of hydrogen-bond acceptors (Lipinski definition) is 5. The van der Waals surface area contributed by atoms with Gasteiger partial charge in [-0.3, -0.25) is 14.4 Å². The molecule has 1 spiro atoms. The van der Waals surface area contributed by atoms with Crippen LogP contribution in [-0.4, -0.2) is 77.5 Å².